The van der Waals surface area contributed by atoms with E-state index in [0.717, 1.165) is 49.6 Å². The third-order valence-corrected chi connectivity index (χ3v) is 6.60. The molecule has 0 unspecified atom stereocenters. The molecule has 2 aliphatic rings. The van der Waals surface area contributed by atoms with Crippen molar-refractivity contribution in [2.24, 2.45) is 5.92 Å². The van der Waals surface area contributed by atoms with E-state index in [0.29, 0.717) is 5.92 Å². The molecule has 0 radical (unpaired) electrons. The molecule has 0 spiro atoms. The van der Waals surface area contributed by atoms with Gasteiger partial charge in [-0.3, -0.25) is 0 Å². The summed E-state index contributed by atoms with van der Waals surface area (Å²) in [4.78, 5) is 0. The summed E-state index contributed by atoms with van der Waals surface area (Å²) in [5, 5.41) is 2.26. The Balaban J connectivity index is 1.65. The Morgan fingerprint density at radius 2 is 1.33 bits per heavy atom. The molecule has 4 heteroatoms. The van der Waals surface area contributed by atoms with Crippen LogP contribution in [0, 0.1) is 5.92 Å². The van der Waals surface area contributed by atoms with Crippen molar-refractivity contribution in [3.8, 4) is 11.5 Å². The maximum absolute atomic E-state index is 6.43. The van der Waals surface area contributed by atoms with Gasteiger partial charge in [-0.2, -0.15) is 0 Å². The molecule has 0 atom stereocenters. The standard InChI is InChI=1S/C20H14Br2O2/c21-16-8-12-10-18-19(11-13(12)9-17(16)22)24-20(23-18,15-6-7-15)14-4-2-1-3-5-14/h1-5,8-11,15H,6-7H2. The molecule has 0 amide bonds. The highest BCUT2D eigenvalue weighted by Crippen LogP contribution is 2.55. The minimum Gasteiger partial charge on any atom is -0.444 e. The summed E-state index contributed by atoms with van der Waals surface area (Å²) in [6, 6.07) is 18.7. The topological polar surface area (TPSA) is 18.5 Å². The van der Waals surface area contributed by atoms with Crippen LogP contribution >= 0.6 is 31.9 Å². The molecule has 1 aliphatic carbocycles. The first kappa shape index (κ1) is 14.8. The Morgan fingerprint density at radius 1 is 0.792 bits per heavy atom. The molecule has 24 heavy (non-hydrogen) atoms. The van der Waals surface area contributed by atoms with E-state index in [1.165, 1.54) is 0 Å². The van der Waals surface area contributed by atoms with Crippen LogP contribution in [0.1, 0.15) is 18.4 Å². The average molecular weight is 446 g/mol. The predicted octanol–water partition coefficient (Wildman–Crippen LogP) is 6.40. The highest BCUT2D eigenvalue weighted by atomic mass is 79.9. The summed E-state index contributed by atoms with van der Waals surface area (Å²) in [7, 11) is 0. The fraction of sp³-hybridized carbons (Fsp3) is 0.200. The maximum Gasteiger partial charge on any atom is 0.281 e. The Labute approximate surface area is 157 Å². The smallest absolute Gasteiger partial charge is 0.281 e. The SMILES string of the molecule is Brc1cc2cc3c(cc2cc1Br)OC(c1ccccc1)(C1CC1)O3. The highest BCUT2D eigenvalue weighted by molar-refractivity contribution is 9.13. The minimum atomic E-state index is -0.671. The molecule has 0 saturated heterocycles. The Bertz CT molecular complexity index is 898. The second-order valence-electron chi connectivity index (χ2n) is 6.42. The van der Waals surface area contributed by atoms with E-state index in [9.17, 15) is 0 Å². The number of fused-ring (bicyclic) bond motifs is 2. The number of hydrogen-bond acceptors (Lipinski definition) is 2. The van der Waals surface area contributed by atoms with Gasteiger partial charge in [0.25, 0.3) is 5.79 Å². The summed E-state index contributed by atoms with van der Waals surface area (Å²) in [5.41, 5.74) is 1.09. The van der Waals surface area contributed by atoms with Crippen molar-refractivity contribution >= 4 is 42.6 Å². The first-order chi connectivity index (χ1) is 11.7. The van der Waals surface area contributed by atoms with Crippen molar-refractivity contribution in [2.45, 2.75) is 18.6 Å². The summed E-state index contributed by atoms with van der Waals surface area (Å²) in [6.45, 7) is 0. The number of ether oxygens (including phenoxy) is 2. The molecule has 3 aromatic rings. The highest BCUT2D eigenvalue weighted by Gasteiger charge is 2.55. The molecule has 1 saturated carbocycles. The van der Waals surface area contributed by atoms with E-state index in [-0.39, 0.29) is 0 Å². The van der Waals surface area contributed by atoms with Crippen LogP contribution in [-0.2, 0) is 5.79 Å². The van der Waals surface area contributed by atoms with Gasteiger partial charge in [-0.15, -0.1) is 0 Å². The molecule has 120 valence electrons. The van der Waals surface area contributed by atoms with Crippen LogP contribution in [0.25, 0.3) is 10.8 Å². The van der Waals surface area contributed by atoms with Gasteiger partial charge in [0.05, 0.1) is 0 Å². The number of benzene rings is 3. The fourth-order valence-electron chi connectivity index (χ4n) is 3.41. The molecule has 5 rings (SSSR count). The van der Waals surface area contributed by atoms with Crippen LogP contribution in [0.2, 0.25) is 0 Å². The van der Waals surface area contributed by atoms with Gasteiger partial charge in [0.2, 0.25) is 0 Å². The van der Waals surface area contributed by atoms with Gasteiger partial charge >= 0.3 is 0 Å². The number of rotatable bonds is 2. The monoisotopic (exact) mass is 444 g/mol. The van der Waals surface area contributed by atoms with Crippen LogP contribution < -0.4 is 9.47 Å². The van der Waals surface area contributed by atoms with E-state index in [2.05, 4.69) is 68.3 Å². The van der Waals surface area contributed by atoms with Gasteiger partial charge in [0.15, 0.2) is 11.5 Å². The zero-order valence-corrected chi connectivity index (χ0v) is 15.9. The van der Waals surface area contributed by atoms with Crippen LogP contribution in [0.4, 0.5) is 0 Å². The summed E-state index contributed by atoms with van der Waals surface area (Å²) in [5.74, 6) is 1.39. The lowest BCUT2D eigenvalue weighted by Gasteiger charge is -2.28. The molecule has 1 heterocycles. The van der Waals surface area contributed by atoms with Crippen molar-refractivity contribution in [3.05, 3.63) is 69.1 Å². The lowest BCUT2D eigenvalue weighted by molar-refractivity contribution is -0.106. The summed E-state index contributed by atoms with van der Waals surface area (Å²) < 4.78 is 14.9. The van der Waals surface area contributed by atoms with Crippen molar-refractivity contribution in [2.75, 3.05) is 0 Å². The second-order valence-corrected chi connectivity index (χ2v) is 8.13. The molecule has 1 fully saturated rings. The molecule has 0 bridgehead atoms. The van der Waals surface area contributed by atoms with Crippen LogP contribution in [0.5, 0.6) is 11.5 Å². The number of hydrogen-bond donors (Lipinski definition) is 0. The van der Waals surface area contributed by atoms with E-state index in [4.69, 9.17) is 9.47 Å². The van der Waals surface area contributed by atoms with Gasteiger partial charge in [0, 0.05) is 20.4 Å². The average Bonchev–Trinajstić information content (AvgIpc) is 3.37. The molecule has 0 N–H and O–H groups in total. The Morgan fingerprint density at radius 3 is 1.83 bits per heavy atom. The zero-order valence-electron chi connectivity index (χ0n) is 12.8. The largest absolute Gasteiger partial charge is 0.444 e. The van der Waals surface area contributed by atoms with E-state index in [1.54, 1.807) is 0 Å². The van der Waals surface area contributed by atoms with Gasteiger partial charge < -0.3 is 9.47 Å². The molecule has 2 nitrogen and oxygen atoms in total. The minimum absolute atomic E-state index is 0.411. The van der Waals surface area contributed by atoms with Gasteiger partial charge in [-0.25, -0.2) is 0 Å². The second kappa shape index (κ2) is 5.24. The quantitative estimate of drug-likeness (QED) is 0.454. The van der Waals surface area contributed by atoms with Crippen LogP contribution in [0.15, 0.2) is 63.5 Å². The van der Waals surface area contributed by atoms with Crippen molar-refractivity contribution < 1.29 is 9.47 Å². The third-order valence-electron chi connectivity index (χ3n) is 4.76. The van der Waals surface area contributed by atoms with E-state index >= 15 is 0 Å². The van der Waals surface area contributed by atoms with Gasteiger partial charge in [-0.1, -0.05) is 30.3 Å². The van der Waals surface area contributed by atoms with E-state index in [1.807, 2.05) is 18.2 Å². The summed E-state index contributed by atoms with van der Waals surface area (Å²) in [6.07, 6.45) is 2.28. The van der Waals surface area contributed by atoms with Crippen LogP contribution in [0.3, 0.4) is 0 Å². The first-order valence-electron chi connectivity index (χ1n) is 8.02. The zero-order chi connectivity index (χ0) is 16.3. The Kier molecular flexibility index (Phi) is 3.23. The maximum atomic E-state index is 6.43. The lowest BCUT2D eigenvalue weighted by atomic mass is 10.0. The van der Waals surface area contributed by atoms with Crippen molar-refractivity contribution in [1.29, 1.82) is 0 Å². The molecule has 0 aromatic heterocycles. The molecular formula is C20H14Br2O2. The van der Waals surface area contributed by atoms with Crippen molar-refractivity contribution in [3.63, 3.8) is 0 Å². The predicted molar refractivity (Wildman–Crippen MR) is 101 cm³/mol. The van der Waals surface area contributed by atoms with E-state index < -0.39 is 5.79 Å². The normalized spacial score (nSPS) is 18.1. The first-order valence-corrected chi connectivity index (χ1v) is 9.61. The van der Waals surface area contributed by atoms with Gasteiger partial charge in [0.1, 0.15) is 0 Å². The van der Waals surface area contributed by atoms with Crippen LogP contribution in [-0.4, -0.2) is 0 Å². The number of halogens is 2. The van der Waals surface area contributed by atoms with Crippen molar-refractivity contribution in [1.82, 2.24) is 0 Å². The Hall–Kier alpha value is -1.52. The summed E-state index contributed by atoms with van der Waals surface area (Å²) >= 11 is 7.14. The third kappa shape index (κ3) is 2.20. The van der Waals surface area contributed by atoms with Gasteiger partial charge in [-0.05, 0) is 79.7 Å². The molecule has 1 aliphatic heterocycles. The lowest BCUT2D eigenvalue weighted by Crippen LogP contribution is -2.37. The molecular weight excluding hydrogens is 432 g/mol. The fourth-order valence-corrected chi connectivity index (χ4v) is 4.14. The molecule has 3 aromatic carbocycles.